The van der Waals surface area contributed by atoms with Gasteiger partial charge in [-0.05, 0) is 12.5 Å². The maximum absolute atomic E-state index is 10.9. The third-order valence-corrected chi connectivity index (χ3v) is 1.88. The minimum atomic E-state index is -0.346. The molecule has 3 nitrogen and oxygen atoms in total. The van der Waals surface area contributed by atoms with Crippen LogP contribution in [0.25, 0.3) is 0 Å². The highest BCUT2D eigenvalue weighted by Gasteiger charge is 2.08. The Balaban J connectivity index is 2.89. The van der Waals surface area contributed by atoms with Crippen molar-refractivity contribution in [3.8, 4) is 5.75 Å². The number of aromatic hydroxyl groups is 1. The lowest BCUT2D eigenvalue weighted by molar-refractivity contribution is -0.139. The fourth-order valence-electron chi connectivity index (χ4n) is 1.09. The van der Waals surface area contributed by atoms with Crippen LogP contribution >= 0.6 is 0 Å². The molecule has 0 spiro atoms. The number of aryl methyl sites for hydroxylation is 1. The molecule has 0 aliphatic heterocycles. The molecule has 0 fully saturated rings. The summed E-state index contributed by atoms with van der Waals surface area (Å²) in [6, 6.07) is 5.29. The first-order chi connectivity index (χ1) is 6.15. The molecule has 1 aromatic rings. The van der Waals surface area contributed by atoms with E-state index < -0.39 is 0 Å². The summed E-state index contributed by atoms with van der Waals surface area (Å²) >= 11 is 0. The molecule has 0 aliphatic rings. The number of carbonyl (C=O) groups is 1. The van der Waals surface area contributed by atoms with Gasteiger partial charge in [0.2, 0.25) is 0 Å². The van der Waals surface area contributed by atoms with E-state index in [9.17, 15) is 9.90 Å². The lowest BCUT2D eigenvalue weighted by Crippen LogP contribution is -2.04. The van der Waals surface area contributed by atoms with Crippen molar-refractivity contribution < 1.29 is 14.6 Å². The van der Waals surface area contributed by atoms with Crippen LogP contribution < -0.4 is 0 Å². The molecule has 0 amide bonds. The van der Waals surface area contributed by atoms with Crippen LogP contribution in [0.2, 0.25) is 0 Å². The van der Waals surface area contributed by atoms with E-state index in [0.29, 0.717) is 5.56 Å². The summed E-state index contributed by atoms with van der Waals surface area (Å²) in [5, 5.41) is 9.53. The second kappa shape index (κ2) is 3.94. The lowest BCUT2D eigenvalue weighted by Gasteiger charge is -2.04. The first-order valence-electron chi connectivity index (χ1n) is 3.99. The molecular weight excluding hydrogens is 168 g/mol. The fourth-order valence-corrected chi connectivity index (χ4v) is 1.09. The number of phenolic OH excluding ortho intramolecular Hbond substituents is 1. The smallest absolute Gasteiger partial charge is 0.310 e. The van der Waals surface area contributed by atoms with Crippen LogP contribution in [-0.4, -0.2) is 18.2 Å². The van der Waals surface area contributed by atoms with Crippen molar-refractivity contribution in [1.82, 2.24) is 0 Å². The molecule has 0 saturated heterocycles. The topological polar surface area (TPSA) is 46.5 Å². The van der Waals surface area contributed by atoms with Crippen molar-refractivity contribution in [2.75, 3.05) is 7.11 Å². The SMILES string of the molecule is COC(=O)Cc1cccc(C)c1O. The number of carbonyl (C=O) groups excluding carboxylic acids is 1. The molecule has 0 bridgehead atoms. The first kappa shape index (κ1) is 9.58. The normalized spacial score (nSPS) is 9.69. The van der Waals surface area contributed by atoms with E-state index in [4.69, 9.17) is 0 Å². The van der Waals surface area contributed by atoms with Gasteiger partial charge in [-0.15, -0.1) is 0 Å². The Kier molecular flexibility index (Phi) is 2.90. The zero-order valence-electron chi connectivity index (χ0n) is 7.70. The molecule has 0 radical (unpaired) electrons. The van der Waals surface area contributed by atoms with E-state index >= 15 is 0 Å². The van der Waals surface area contributed by atoms with Crippen molar-refractivity contribution in [3.05, 3.63) is 29.3 Å². The summed E-state index contributed by atoms with van der Waals surface area (Å²) in [4.78, 5) is 10.9. The van der Waals surface area contributed by atoms with Gasteiger partial charge in [-0.2, -0.15) is 0 Å². The van der Waals surface area contributed by atoms with Crippen LogP contribution in [0.1, 0.15) is 11.1 Å². The molecule has 1 N–H and O–H groups in total. The second-order valence-electron chi connectivity index (χ2n) is 2.84. The Morgan fingerprint density at radius 3 is 2.85 bits per heavy atom. The first-order valence-corrected chi connectivity index (χ1v) is 3.99. The summed E-state index contributed by atoms with van der Waals surface area (Å²) < 4.78 is 4.50. The fraction of sp³-hybridized carbons (Fsp3) is 0.300. The highest BCUT2D eigenvalue weighted by atomic mass is 16.5. The Morgan fingerprint density at radius 1 is 1.54 bits per heavy atom. The van der Waals surface area contributed by atoms with E-state index in [0.717, 1.165) is 5.56 Å². The summed E-state index contributed by atoms with van der Waals surface area (Å²) in [5.74, 6) is -0.172. The average molecular weight is 180 g/mol. The highest BCUT2D eigenvalue weighted by molar-refractivity contribution is 5.73. The van der Waals surface area contributed by atoms with Crippen molar-refractivity contribution in [1.29, 1.82) is 0 Å². The van der Waals surface area contributed by atoms with Crippen molar-refractivity contribution in [2.45, 2.75) is 13.3 Å². The van der Waals surface area contributed by atoms with Gasteiger partial charge >= 0.3 is 5.97 Å². The molecular formula is C10H12O3. The van der Waals surface area contributed by atoms with Crippen LogP contribution in [0.5, 0.6) is 5.75 Å². The van der Waals surface area contributed by atoms with Gasteiger partial charge in [0.15, 0.2) is 0 Å². The predicted molar refractivity (Wildman–Crippen MR) is 48.6 cm³/mol. The van der Waals surface area contributed by atoms with Gasteiger partial charge in [-0.3, -0.25) is 4.79 Å². The number of hydrogen-bond acceptors (Lipinski definition) is 3. The van der Waals surface area contributed by atoms with E-state index in [2.05, 4.69) is 4.74 Å². The maximum atomic E-state index is 10.9. The van der Waals surface area contributed by atoms with E-state index in [-0.39, 0.29) is 18.1 Å². The lowest BCUT2D eigenvalue weighted by atomic mass is 10.1. The Bertz CT molecular complexity index is 318. The molecule has 0 unspecified atom stereocenters. The van der Waals surface area contributed by atoms with Crippen molar-refractivity contribution >= 4 is 5.97 Å². The zero-order chi connectivity index (χ0) is 9.84. The summed E-state index contributed by atoms with van der Waals surface area (Å²) in [5.41, 5.74) is 1.37. The van der Waals surface area contributed by atoms with E-state index in [1.54, 1.807) is 25.1 Å². The number of phenols is 1. The zero-order valence-corrected chi connectivity index (χ0v) is 7.70. The minimum absolute atomic E-state index is 0.115. The molecule has 0 saturated carbocycles. The average Bonchev–Trinajstić information content (AvgIpc) is 2.13. The van der Waals surface area contributed by atoms with Crippen LogP contribution in [0.15, 0.2) is 18.2 Å². The summed E-state index contributed by atoms with van der Waals surface area (Å²) in [7, 11) is 1.33. The van der Waals surface area contributed by atoms with E-state index in [1.165, 1.54) is 7.11 Å². The number of para-hydroxylation sites is 1. The minimum Gasteiger partial charge on any atom is -0.507 e. The number of rotatable bonds is 2. The van der Waals surface area contributed by atoms with Gasteiger partial charge in [0.1, 0.15) is 5.75 Å². The number of ether oxygens (including phenoxy) is 1. The largest absolute Gasteiger partial charge is 0.507 e. The van der Waals surface area contributed by atoms with Gasteiger partial charge in [-0.25, -0.2) is 0 Å². The molecule has 1 rings (SSSR count). The predicted octanol–water partition coefficient (Wildman–Crippen LogP) is 1.42. The molecule has 0 aliphatic carbocycles. The van der Waals surface area contributed by atoms with Gasteiger partial charge in [-0.1, -0.05) is 18.2 Å². The quantitative estimate of drug-likeness (QED) is 0.700. The molecule has 1 aromatic carbocycles. The molecule has 0 aromatic heterocycles. The Labute approximate surface area is 77.0 Å². The number of esters is 1. The third kappa shape index (κ3) is 2.21. The molecule has 70 valence electrons. The number of hydrogen-bond donors (Lipinski definition) is 1. The molecule has 3 heteroatoms. The molecule has 0 atom stereocenters. The standard InChI is InChI=1S/C10H12O3/c1-7-4-3-5-8(10(7)12)6-9(11)13-2/h3-5,12H,6H2,1-2H3. The highest BCUT2D eigenvalue weighted by Crippen LogP contribution is 2.21. The summed E-state index contributed by atoms with van der Waals surface area (Å²) in [6.07, 6.45) is 0.115. The maximum Gasteiger partial charge on any atom is 0.310 e. The summed E-state index contributed by atoms with van der Waals surface area (Å²) in [6.45, 7) is 1.79. The van der Waals surface area contributed by atoms with Gasteiger partial charge in [0, 0.05) is 5.56 Å². The number of benzene rings is 1. The van der Waals surface area contributed by atoms with Crippen LogP contribution in [-0.2, 0) is 16.0 Å². The van der Waals surface area contributed by atoms with Crippen LogP contribution in [0.3, 0.4) is 0 Å². The molecule has 13 heavy (non-hydrogen) atoms. The van der Waals surface area contributed by atoms with Crippen molar-refractivity contribution in [3.63, 3.8) is 0 Å². The van der Waals surface area contributed by atoms with Crippen LogP contribution in [0, 0.1) is 6.92 Å². The number of methoxy groups -OCH3 is 1. The van der Waals surface area contributed by atoms with Gasteiger partial charge in [0.25, 0.3) is 0 Å². The monoisotopic (exact) mass is 180 g/mol. The van der Waals surface area contributed by atoms with Gasteiger partial charge < -0.3 is 9.84 Å². The van der Waals surface area contributed by atoms with Gasteiger partial charge in [0.05, 0.1) is 13.5 Å². The Morgan fingerprint density at radius 2 is 2.23 bits per heavy atom. The van der Waals surface area contributed by atoms with E-state index in [1.807, 2.05) is 0 Å². The van der Waals surface area contributed by atoms with Crippen molar-refractivity contribution in [2.24, 2.45) is 0 Å². The second-order valence-corrected chi connectivity index (χ2v) is 2.84. The molecule has 0 heterocycles. The third-order valence-electron chi connectivity index (χ3n) is 1.88. The van der Waals surface area contributed by atoms with Crippen LogP contribution in [0.4, 0.5) is 0 Å². The Hall–Kier alpha value is -1.51.